The summed E-state index contributed by atoms with van der Waals surface area (Å²) in [6, 6.07) is 0.141. The fourth-order valence-electron chi connectivity index (χ4n) is 1.36. The van der Waals surface area contributed by atoms with Gasteiger partial charge in [-0.2, -0.15) is 0 Å². The van der Waals surface area contributed by atoms with Gasteiger partial charge in [-0.3, -0.25) is 4.79 Å². The van der Waals surface area contributed by atoms with Crippen LogP contribution in [0.4, 0.5) is 0 Å². The fraction of sp³-hybridized carbons (Fsp3) is 0.875. The molecule has 0 aromatic heterocycles. The SMILES string of the molecule is CCC(=O)N[C@H]1CNC[C@@H]1OC. The van der Waals surface area contributed by atoms with E-state index in [1.165, 1.54) is 0 Å². The molecule has 4 nitrogen and oxygen atoms in total. The van der Waals surface area contributed by atoms with Crippen LogP contribution < -0.4 is 10.6 Å². The van der Waals surface area contributed by atoms with E-state index in [1.54, 1.807) is 7.11 Å². The van der Waals surface area contributed by atoms with E-state index in [0.717, 1.165) is 13.1 Å². The van der Waals surface area contributed by atoms with Gasteiger partial charge < -0.3 is 15.4 Å². The van der Waals surface area contributed by atoms with E-state index < -0.39 is 0 Å². The quantitative estimate of drug-likeness (QED) is 0.603. The molecule has 2 atom stereocenters. The first-order chi connectivity index (χ1) is 5.77. The lowest BCUT2D eigenvalue weighted by molar-refractivity contribution is -0.122. The van der Waals surface area contributed by atoms with E-state index in [4.69, 9.17) is 4.74 Å². The Morgan fingerprint density at radius 3 is 3.00 bits per heavy atom. The minimum Gasteiger partial charge on any atom is -0.378 e. The second-order valence-electron chi connectivity index (χ2n) is 2.96. The van der Waals surface area contributed by atoms with Gasteiger partial charge in [-0.05, 0) is 0 Å². The van der Waals surface area contributed by atoms with Crippen molar-refractivity contribution < 1.29 is 9.53 Å². The van der Waals surface area contributed by atoms with Crippen molar-refractivity contribution in [1.82, 2.24) is 10.6 Å². The van der Waals surface area contributed by atoms with Crippen LogP contribution in [-0.2, 0) is 9.53 Å². The largest absolute Gasteiger partial charge is 0.378 e. The summed E-state index contributed by atoms with van der Waals surface area (Å²) in [5.74, 6) is 0.0887. The average Bonchev–Trinajstić information content (AvgIpc) is 2.51. The van der Waals surface area contributed by atoms with Crippen molar-refractivity contribution in [2.75, 3.05) is 20.2 Å². The van der Waals surface area contributed by atoms with E-state index >= 15 is 0 Å². The Morgan fingerprint density at radius 1 is 1.67 bits per heavy atom. The van der Waals surface area contributed by atoms with Crippen LogP contribution in [0.15, 0.2) is 0 Å². The molecule has 1 saturated heterocycles. The molecule has 2 N–H and O–H groups in total. The number of methoxy groups -OCH3 is 1. The van der Waals surface area contributed by atoms with Crippen molar-refractivity contribution in [1.29, 1.82) is 0 Å². The van der Waals surface area contributed by atoms with Gasteiger partial charge in [0.25, 0.3) is 0 Å². The summed E-state index contributed by atoms with van der Waals surface area (Å²) in [6.07, 6.45) is 0.660. The second kappa shape index (κ2) is 4.42. The molecule has 0 aromatic rings. The van der Waals surface area contributed by atoms with E-state index in [9.17, 15) is 4.79 Å². The van der Waals surface area contributed by atoms with E-state index in [-0.39, 0.29) is 18.1 Å². The average molecular weight is 172 g/mol. The first-order valence-corrected chi connectivity index (χ1v) is 4.30. The molecular formula is C8H16N2O2. The van der Waals surface area contributed by atoms with Crippen molar-refractivity contribution >= 4 is 5.91 Å². The Kier molecular flexibility index (Phi) is 3.49. The minimum absolute atomic E-state index is 0.0887. The predicted octanol–water partition coefficient (Wildman–Crippen LogP) is -0.501. The van der Waals surface area contributed by atoms with Crippen LogP contribution in [0.5, 0.6) is 0 Å². The summed E-state index contributed by atoms with van der Waals surface area (Å²) in [7, 11) is 1.67. The number of nitrogens with one attached hydrogen (secondary N) is 2. The molecule has 0 aliphatic carbocycles. The Hall–Kier alpha value is -0.610. The van der Waals surface area contributed by atoms with Gasteiger partial charge in [0.15, 0.2) is 0 Å². The maximum Gasteiger partial charge on any atom is 0.220 e. The number of carbonyl (C=O) groups excluding carboxylic acids is 1. The summed E-state index contributed by atoms with van der Waals surface area (Å²) < 4.78 is 5.19. The monoisotopic (exact) mass is 172 g/mol. The summed E-state index contributed by atoms with van der Waals surface area (Å²) >= 11 is 0. The molecule has 0 saturated carbocycles. The molecule has 0 radical (unpaired) electrons. The van der Waals surface area contributed by atoms with Crippen molar-refractivity contribution in [3.8, 4) is 0 Å². The van der Waals surface area contributed by atoms with Gasteiger partial charge in [-0.1, -0.05) is 6.92 Å². The zero-order valence-electron chi connectivity index (χ0n) is 7.59. The van der Waals surface area contributed by atoms with Gasteiger partial charge in [-0.25, -0.2) is 0 Å². The third kappa shape index (κ3) is 2.19. The number of hydrogen-bond donors (Lipinski definition) is 2. The lowest BCUT2D eigenvalue weighted by Crippen LogP contribution is -2.43. The Labute approximate surface area is 72.7 Å². The van der Waals surface area contributed by atoms with E-state index in [0.29, 0.717) is 6.42 Å². The smallest absolute Gasteiger partial charge is 0.220 e. The number of rotatable bonds is 3. The van der Waals surface area contributed by atoms with Crippen LogP contribution in [0.25, 0.3) is 0 Å². The van der Waals surface area contributed by atoms with Crippen LogP contribution in [0.3, 0.4) is 0 Å². The van der Waals surface area contributed by atoms with Gasteiger partial charge in [0.05, 0.1) is 12.1 Å². The van der Waals surface area contributed by atoms with Crippen molar-refractivity contribution in [3.05, 3.63) is 0 Å². The third-order valence-corrected chi connectivity index (χ3v) is 2.13. The molecule has 1 aliphatic heterocycles. The zero-order chi connectivity index (χ0) is 8.97. The van der Waals surface area contributed by atoms with Gasteiger partial charge in [0, 0.05) is 26.6 Å². The molecule has 1 aliphatic rings. The molecule has 0 bridgehead atoms. The molecule has 0 spiro atoms. The maximum atomic E-state index is 11.0. The first-order valence-electron chi connectivity index (χ1n) is 4.30. The van der Waals surface area contributed by atoms with Crippen molar-refractivity contribution in [2.45, 2.75) is 25.5 Å². The number of carbonyl (C=O) groups is 1. The van der Waals surface area contributed by atoms with Crippen molar-refractivity contribution in [3.63, 3.8) is 0 Å². The highest BCUT2D eigenvalue weighted by Gasteiger charge is 2.27. The summed E-state index contributed by atoms with van der Waals surface area (Å²) in [6.45, 7) is 3.48. The molecular weight excluding hydrogens is 156 g/mol. The highest BCUT2D eigenvalue weighted by Crippen LogP contribution is 2.03. The van der Waals surface area contributed by atoms with E-state index in [1.807, 2.05) is 6.92 Å². The molecule has 1 amide bonds. The number of ether oxygens (including phenoxy) is 1. The molecule has 4 heteroatoms. The van der Waals surface area contributed by atoms with Gasteiger partial charge >= 0.3 is 0 Å². The summed E-state index contributed by atoms with van der Waals surface area (Å²) in [4.78, 5) is 11.0. The maximum absolute atomic E-state index is 11.0. The topological polar surface area (TPSA) is 50.4 Å². The Bertz CT molecular complexity index is 161. The lowest BCUT2D eigenvalue weighted by Gasteiger charge is -2.17. The van der Waals surface area contributed by atoms with Gasteiger partial charge in [-0.15, -0.1) is 0 Å². The van der Waals surface area contributed by atoms with Gasteiger partial charge in [0.2, 0.25) is 5.91 Å². The molecule has 1 fully saturated rings. The third-order valence-electron chi connectivity index (χ3n) is 2.13. The standard InChI is InChI=1S/C8H16N2O2/c1-3-8(11)10-6-4-9-5-7(6)12-2/h6-7,9H,3-5H2,1-2H3,(H,10,11)/t6-,7-/m0/s1. The highest BCUT2D eigenvalue weighted by molar-refractivity contribution is 5.75. The lowest BCUT2D eigenvalue weighted by atomic mass is 10.2. The van der Waals surface area contributed by atoms with Crippen LogP contribution in [-0.4, -0.2) is 38.3 Å². The fourth-order valence-corrected chi connectivity index (χ4v) is 1.36. The molecule has 0 aromatic carbocycles. The van der Waals surface area contributed by atoms with E-state index in [2.05, 4.69) is 10.6 Å². The molecule has 1 rings (SSSR count). The van der Waals surface area contributed by atoms with Crippen LogP contribution in [0, 0.1) is 0 Å². The van der Waals surface area contributed by atoms with Crippen LogP contribution in [0.1, 0.15) is 13.3 Å². The summed E-state index contributed by atoms with van der Waals surface area (Å²) in [5, 5.41) is 6.07. The summed E-state index contributed by atoms with van der Waals surface area (Å²) in [5.41, 5.74) is 0. The van der Waals surface area contributed by atoms with Gasteiger partial charge in [0.1, 0.15) is 0 Å². The Morgan fingerprint density at radius 2 is 2.42 bits per heavy atom. The molecule has 70 valence electrons. The zero-order valence-corrected chi connectivity index (χ0v) is 7.59. The second-order valence-corrected chi connectivity index (χ2v) is 2.96. The molecule has 1 heterocycles. The number of hydrogen-bond acceptors (Lipinski definition) is 3. The number of amides is 1. The minimum atomic E-state index is 0.0887. The molecule has 12 heavy (non-hydrogen) atoms. The molecule has 0 unspecified atom stereocenters. The predicted molar refractivity (Wildman–Crippen MR) is 45.9 cm³/mol. The Balaban J connectivity index is 2.35. The first kappa shape index (κ1) is 9.48. The van der Waals surface area contributed by atoms with Crippen LogP contribution in [0.2, 0.25) is 0 Å². The normalized spacial score (nSPS) is 28.8. The van der Waals surface area contributed by atoms with Crippen molar-refractivity contribution in [2.24, 2.45) is 0 Å². The highest BCUT2D eigenvalue weighted by atomic mass is 16.5. The van der Waals surface area contributed by atoms with Crippen LogP contribution >= 0.6 is 0 Å².